The Morgan fingerprint density at radius 2 is 1.89 bits per heavy atom. The molecule has 9 heteroatoms. The molecular formula is C19H20BrN3O5. The molecule has 0 aromatic heterocycles. The van der Waals surface area contributed by atoms with Gasteiger partial charge < -0.3 is 19.9 Å². The largest absolute Gasteiger partial charge is 0.503 e. The third kappa shape index (κ3) is 5.98. The fourth-order valence-electron chi connectivity index (χ4n) is 2.19. The average molecular weight is 450 g/mol. The number of nitrogens with one attached hydrogen (secondary N) is 2. The summed E-state index contributed by atoms with van der Waals surface area (Å²) in [5, 5.41) is 16.3. The summed E-state index contributed by atoms with van der Waals surface area (Å²) in [6, 6.07) is 9.86. The molecule has 2 aromatic carbocycles. The summed E-state index contributed by atoms with van der Waals surface area (Å²) in [5.41, 5.74) is 3.47. The summed E-state index contributed by atoms with van der Waals surface area (Å²) in [6.07, 6.45) is 1.49. The molecule has 148 valence electrons. The second-order valence-electron chi connectivity index (χ2n) is 5.58. The lowest BCUT2D eigenvalue weighted by atomic mass is 10.2. The fraction of sp³-hybridized carbons (Fsp3) is 0.211. The highest BCUT2D eigenvalue weighted by Gasteiger charge is 2.08. The SMILES string of the molecule is COc1ccc(C(=O)NCCC(=O)NN=Cc2cc(Br)c(O)c(OC)c2)cc1. The lowest BCUT2D eigenvalue weighted by Crippen LogP contribution is -2.29. The van der Waals surface area contributed by atoms with E-state index in [2.05, 4.69) is 31.8 Å². The number of rotatable bonds is 8. The van der Waals surface area contributed by atoms with Gasteiger partial charge in [0.1, 0.15) is 5.75 Å². The lowest BCUT2D eigenvalue weighted by molar-refractivity contribution is -0.120. The Kier molecular flexibility index (Phi) is 7.82. The molecule has 0 spiro atoms. The van der Waals surface area contributed by atoms with Crippen LogP contribution in [0.3, 0.4) is 0 Å². The first-order valence-corrected chi connectivity index (χ1v) is 9.04. The van der Waals surface area contributed by atoms with Crippen LogP contribution in [0.25, 0.3) is 0 Å². The minimum absolute atomic E-state index is 0.0173. The number of carbonyl (C=O) groups excluding carboxylic acids is 2. The molecule has 8 nitrogen and oxygen atoms in total. The van der Waals surface area contributed by atoms with Crippen molar-refractivity contribution >= 4 is 34.0 Å². The van der Waals surface area contributed by atoms with Gasteiger partial charge in [-0.05, 0) is 57.9 Å². The van der Waals surface area contributed by atoms with Gasteiger partial charge in [-0.1, -0.05) is 0 Å². The van der Waals surface area contributed by atoms with Crippen LogP contribution in [0.5, 0.6) is 17.2 Å². The van der Waals surface area contributed by atoms with E-state index >= 15 is 0 Å². The van der Waals surface area contributed by atoms with Gasteiger partial charge in [0.2, 0.25) is 5.91 Å². The summed E-state index contributed by atoms with van der Waals surface area (Å²) in [6.45, 7) is 0.171. The standard InChI is InChI=1S/C19H20BrN3O5/c1-27-14-5-3-13(4-6-14)19(26)21-8-7-17(24)23-22-11-12-9-15(20)18(25)16(10-12)28-2/h3-6,9-11,25H,7-8H2,1-2H3,(H,21,26)(H,23,24). The summed E-state index contributed by atoms with van der Waals surface area (Å²) in [4.78, 5) is 23.8. The molecule has 0 aliphatic rings. The minimum atomic E-state index is -0.351. The maximum absolute atomic E-state index is 12.0. The highest BCUT2D eigenvalue weighted by atomic mass is 79.9. The van der Waals surface area contributed by atoms with Crippen molar-refractivity contribution in [3.63, 3.8) is 0 Å². The van der Waals surface area contributed by atoms with Crippen molar-refractivity contribution in [1.82, 2.24) is 10.7 Å². The Bertz CT molecular complexity index is 869. The highest BCUT2D eigenvalue weighted by Crippen LogP contribution is 2.34. The molecule has 0 atom stereocenters. The molecule has 3 N–H and O–H groups in total. The number of phenols is 1. The third-order valence-electron chi connectivity index (χ3n) is 3.66. The van der Waals surface area contributed by atoms with Crippen LogP contribution in [0.4, 0.5) is 0 Å². The van der Waals surface area contributed by atoms with Crippen LogP contribution in [0.1, 0.15) is 22.3 Å². The number of hydrazone groups is 1. The van der Waals surface area contributed by atoms with Crippen molar-refractivity contribution in [3.05, 3.63) is 52.0 Å². The van der Waals surface area contributed by atoms with E-state index < -0.39 is 0 Å². The monoisotopic (exact) mass is 449 g/mol. The first-order chi connectivity index (χ1) is 13.4. The van der Waals surface area contributed by atoms with Crippen LogP contribution in [-0.2, 0) is 4.79 Å². The number of carbonyl (C=O) groups is 2. The zero-order chi connectivity index (χ0) is 20.5. The molecule has 0 saturated carbocycles. The number of ether oxygens (including phenoxy) is 2. The Hall–Kier alpha value is -3.07. The second-order valence-corrected chi connectivity index (χ2v) is 6.44. The van der Waals surface area contributed by atoms with Crippen molar-refractivity contribution in [2.45, 2.75) is 6.42 Å². The number of phenolic OH excluding ortho intramolecular Hbond substituents is 1. The van der Waals surface area contributed by atoms with Crippen molar-refractivity contribution in [3.8, 4) is 17.2 Å². The zero-order valence-electron chi connectivity index (χ0n) is 15.4. The van der Waals surface area contributed by atoms with E-state index in [0.29, 0.717) is 21.3 Å². The van der Waals surface area contributed by atoms with E-state index in [4.69, 9.17) is 9.47 Å². The normalized spacial score (nSPS) is 10.5. The average Bonchev–Trinajstić information content (AvgIpc) is 2.70. The van der Waals surface area contributed by atoms with Crippen molar-refractivity contribution in [1.29, 1.82) is 0 Å². The van der Waals surface area contributed by atoms with Crippen LogP contribution in [0, 0.1) is 0 Å². The lowest BCUT2D eigenvalue weighted by Gasteiger charge is -2.06. The Morgan fingerprint density at radius 3 is 2.54 bits per heavy atom. The molecule has 2 amide bonds. The summed E-state index contributed by atoms with van der Waals surface area (Å²) < 4.78 is 10.5. The summed E-state index contributed by atoms with van der Waals surface area (Å²) in [5.74, 6) is 0.294. The van der Waals surface area contributed by atoms with Gasteiger partial charge in [-0.3, -0.25) is 9.59 Å². The van der Waals surface area contributed by atoms with E-state index in [0.717, 1.165) is 0 Å². The van der Waals surface area contributed by atoms with Gasteiger partial charge in [0.05, 0.1) is 24.9 Å². The topological polar surface area (TPSA) is 109 Å². The number of hydrogen-bond acceptors (Lipinski definition) is 6. The summed E-state index contributed by atoms with van der Waals surface area (Å²) in [7, 11) is 2.98. The van der Waals surface area contributed by atoms with E-state index in [1.165, 1.54) is 13.3 Å². The van der Waals surface area contributed by atoms with Crippen LogP contribution in [0.15, 0.2) is 46.0 Å². The van der Waals surface area contributed by atoms with Gasteiger partial charge in [0.25, 0.3) is 5.91 Å². The highest BCUT2D eigenvalue weighted by molar-refractivity contribution is 9.10. The molecule has 2 aromatic rings. The van der Waals surface area contributed by atoms with Crippen LogP contribution in [-0.4, -0.2) is 43.9 Å². The number of nitrogens with zero attached hydrogens (tertiary/aromatic N) is 1. The second kappa shape index (κ2) is 10.3. The maximum Gasteiger partial charge on any atom is 0.251 e. The maximum atomic E-state index is 12.0. The molecule has 0 saturated heterocycles. The Labute approximate surface area is 170 Å². The third-order valence-corrected chi connectivity index (χ3v) is 4.27. The van der Waals surface area contributed by atoms with E-state index in [9.17, 15) is 14.7 Å². The fourth-order valence-corrected chi connectivity index (χ4v) is 2.65. The number of hydrogen-bond donors (Lipinski definition) is 3. The Morgan fingerprint density at radius 1 is 1.18 bits per heavy atom. The van der Waals surface area contributed by atoms with Crippen LogP contribution < -0.4 is 20.2 Å². The molecular weight excluding hydrogens is 430 g/mol. The molecule has 0 heterocycles. The minimum Gasteiger partial charge on any atom is -0.503 e. The van der Waals surface area contributed by atoms with Crippen molar-refractivity contribution < 1.29 is 24.2 Å². The number of halogens is 1. The molecule has 2 rings (SSSR count). The van der Waals surface area contributed by atoms with E-state index in [-0.39, 0.29) is 36.3 Å². The van der Waals surface area contributed by atoms with Crippen LogP contribution in [0.2, 0.25) is 0 Å². The first-order valence-electron chi connectivity index (χ1n) is 8.25. The van der Waals surface area contributed by atoms with E-state index in [1.54, 1.807) is 43.5 Å². The molecule has 0 radical (unpaired) electrons. The van der Waals surface area contributed by atoms with Crippen LogP contribution >= 0.6 is 15.9 Å². The van der Waals surface area contributed by atoms with Gasteiger partial charge in [0, 0.05) is 18.5 Å². The number of amides is 2. The van der Waals surface area contributed by atoms with Gasteiger partial charge in [0.15, 0.2) is 11.5 Å². The molecule has 0 unspecified atom stereocenters. The molecule has 0 aliphatic carbocycles. The zero-order valence-corrected chi connectivity index (χ0v) is 16.9. The van der Waals surface area contributed by atoms with Gasteiger partial charge in [-0.15, -0.1) is 0 Å². The Balaban J connectivity index is 1.78. The summed E-state index contributed by atoms with van der Waals surface area (Å²) >= 11 is 3.21. The van der Waals surface area contributed by atoms with E-state index in [1.807, 2.05) is 0 Å². The quantitative estimate of drug-likeness (QED) is 0.423. The number of methoxy groups -OCH3 is 2. The smallest absolute Gasteiger partial charge is 0.251 e. The molecule has 0 fully saturated rings. The van der Waals surface area contributed by atoms with Gasteiger partial charge >= 0.3 is 0 Å². The molecule has 28 heavy (non-hydrogen) atoms. The number of aromatic hydroxyl groups is 1. The van der Waals surface area contributed by atoms with Gasteiger partial charge in [-0.2, -0.15) is 5.10 Å². The molecule has 0 aliphatic heterocycles. The van der Waals surface area contributed by atoms with Crippen molar-refractivity contribution in [2.75, 3.05) is 20.8 Å². The first kappa shape index (κ1) is 21.2. The van der Waals surface area contributed by atoms with Crippen molar-refractivity contribution in [2.24, 2.45) is 5.10 Å². The predicted octanol–water partition coefficient (Wildman–Crippen LogP) is 2.44. The predicted molar refractivity (Wildman–Crippen MR) is 108 cm³/mol. The van der Waals surface area contributed by atoms with Gasteiger partial charge in [-0.25, -0.2) is 5.43 Å². The molecule has 0 bridgehead atoms. The number of benzene rings is 2.